The van der Waals surface area contributed by atoms with Crippen LogP contribution in [0.25, 0.3) is 0 Å². The van der Waals surface area contributed by atoms with Crippen LogP contribution in [0.2, 0.25) is 0 Å². The molecule has 1 heterocycles. The standard InChI is InChI=1S/C12H18N2O3S/c1-9-3-4-10(13)7-12(9)18(15,16)14(2)11-5-6-17-8-11/h3-4,7,11H,5-6,8,13H2,1-2H3. The van der Waals surface area contributed by atoms with Gasteiger partial charge in [-0.2, -0.15) is 4.31 Å². The predicted octanol–water partition coefficient (Wildman–Crippen LogP) is 0.987. The molecule has 1 fully saturated rings. The number of sulfonamides is 1. The molecule has 1 unspecified atom stereocenters. The summed E-state index contributed by atoms with van der Waals surface area (Å²) in [6.07, 6.45) is 0.733. The zero-order valence-electron chi connectivity index (χ0n) is 10.6. The minimum absolute atomic E-state index is 0.0872. The monoisotopic (exact) mass is 270 g/mol. The van der Waals surface area contributed by atoms with Crippen molar-refractivity contribution < 1.29 is 13.2 Å². The van der Waals surface area contributed by atoms with E-state index in [9.17, 15) is 8.42 Å². The van der Waals surface area contributed by atoms with Crippen molar-refractivity contribution in [2.75, 3.05) is 26.0 Å². The van der Waals surface area contributed by atoms with Gasteiger partial charge in [-0.15, -0.1) is 0 Å². The number of nitrogens with zero attached hydrogens (tertiary/aromatic N) is 1. The first-order valence-corrected chi connectivity index (χ1v) is 7.29. The van der Waals surface area contributed by atoms with Crippen molar-refractivity contribution in [1.82, 2.24) is 4.31 Å². The van der Waals surface area contributed by atoms with E-state index < -0.39 is 10.0 Å². The van der Waals surface area contributed by atoms with E-state index in [1.807, 2.05) is 0 Å². The number of likely N-dealkylation sites (N-methyl/N-ethyl adjacent to an activating group) is 1. The van der Waals surface area contributed by atoms with Crippen LogP contribution in [-0.2, 0) is 14.8 Å². The van der Waals surface area contributed by atoms with Gasteiger partial charge < -0.3 is 10.5 Å². The third kappa shape index (κ3) is 2.36. The Morgan fingerprint density at radius 1 is 1.44 bits per heavy atom. The Bertz CT molecular complexity index is 536. The molecule has 1 saturated heterocycles. The molecule has 0 radical (unpaired) electrons. The molecule has 1 atom stereocenters. The highest BCUT2D eigenvalue weighted by atomic mass is 32.2. The van der Waals surface area contributed by atoms with Crippen molar-refractivity contribution in [2.45, 2.75) is 24.3 Å². The summed E-state index contributed by atoms with van der Waals surface area (Å²) in [6.45, 7) is 2.84. The first-order valence-electron chi connectivity index (χ1n) is 5.85. The molecule has 0 aliphatic carbocycles. The second-order valence-electron chi connectivity index (χ2n) is 4.56. The molecule has 1 aliphatic rings. The van der Waals surface area contributed by atoms with E-state index >= 15 is 0 Å². The number of hydrogen-bond donors (Lipinski definition) is 1. The number of hydrogen-bond acceptors (Lipinski definition) is 4. The molecule has 1 aliphatic heterocycles. The Hall–Kier alpha value is -1.11. The van der Waals surface area contributed by atoms with E-state index in [1.54, 1.807) is 26.1 Å². The summed E-state index contributed by atoms with van der Waals surface area (Å²) in [7, 11) is -1.91. The fraction of sp³-hybridized carbons (Fsp3) is 0.500. The summed E-state index contributed by atoms with van der Waals surface area (Å²) < 4.78 is 31.6. The highest BCUT2D eigenvalue weighted by Gasteiger charge is 2.31. The smallest absolute Gasteiger partial charge is 0.243 e. The minimum atomic E-state index is -3.50. The van der Waals surface area contributed by atoms with E-state index in [4.69, 9.17) is 10.5 Å². The van der Waals surface area contributed by atoms with Crippen LogP contribution in [0.15, 0.2) is 23.1 Å². The molecule has 6 heteroatoms. The van der Waals surface area contributed by atoms with Gasteiger partial charge in [-0.25, -0.2) is 8.42 Å². The maximum absolute atomic E-state index is 12.5. The minimum Gasteiger partial charge on any atom is -0.399 e. The Balaban J connectivity index is 2.37. The summed E-state index contributed by atoms with van der Waals surface area (Å²) in [5, 5.41) is 0. The molecular weight excluding hydrogens is 252 g/mol. The molecule has 0 aromatic heterocycles. The van der Waals surface area contributed by atoms with Crippen LogP contribution in [0.1, 0.15) is 12.0 Å². The second-order valence-corrected chi connectivity index (χ2v) is 6.53. The Morgan fingerprint density at radius 3 is 2.78 bits per heavy atom. The quantitative estimate of drug-likeness (QED) is 0.831. The number of benzene rings is 1. The number of rotatable bonds is 3. The van der Waals surface area contributed by atoms with Crippen LogP contribution in [0, 0.1) is 6.92 Å². The normalized spacial score (nSPS) is 20.5. The van der Waals surface area contributed by atoms with Crippen molar-refractivity contribution in [3.63, 3.8) is 0 Å². The number of aryl methyl sites for hydroxylation is 1. The number of nitrogens with two attached hydrogens (primary N) is 1. The molecule has 0 saturated carbocycles. The molecule has 2 rings (SSSR count). The maximum atomic E-state index is 12.5. The zero-order chi connectivity index (χ0) is 13.3. The van der Waals surface area contributed by atoms with Crippen LogP contribution in [0.3, 0.4) is 0 Å². The highest BCUT2D eigenvalue weighted by molar-refractivity contribution is 7.89. The molecule has 1 aromatic rings. The van der Waals surface area contributed by atoms with Gasteiger partial charge in [0.1, 0.15) is 0 Å². The number of nitrogen functional groups attached to an aromatic ring is 1. The van der Waals surface area contributed by atoms with Crippen molar-refractivity contribution in [3.05, 3.63) is 23.8 Å². The molecule has 0 bridgehead atoms. The average molecular weight is 270 g/mol. The summed E-state index contributed by atoms with van der Waals surface area (Å²) in [5.74, 6) is 0. The van der Waals surface area contributed by atoms with E-state index in [0.29, 0.717) is 24.5 Å². The summed E-state index contributed by atoms with van der Waals surface area (Å²) >= 11 is 0. The molecule has 5 nitrogen and oxygen atoms in total. The molecule has 2 N–H and O–H groups in total. The Labute approximate surface area is 108 Å². The lowest BCUT2D eigenvalue weighted by Gasteiger charge is -2.23. The van der Waals surface area contributed by atoms with Crippen LogP contribution in [0.4, 0.5) is 5.69 Å². The fourth-order valence-corrected chi connectivity index (χ4v) is 3.68. The van der Waals surface area contributed by atoms with E-state index in [-0.39, 0.29) is 10.9 Å². The molecule has 0 spiro atoms. The van der Waals surface area contributed by atoms with Gasteiger partial charge in [0.15, 0.2) is 0 Å². The van der Waals surface area contributed by atoms with E-state index in [2.05, 4.69) is 0 Å². The van der Waals surface area contributed by atoms with Crippen molar-refractivity contribution in [3.8, 4) is 0 Å². The summed E-state index contributed by atoms with van der Waals surface area (Å²) in [5.41, 5.74) is 6.83. The van der Waals surface area contributed by atoms with Gasteiger partial charge in [-0.05, 0) is 31.0 Å². The van der Waals surface area contributed by atoms with Crippen molar-refractivity contribution in [1.29, 1.82) is 0 Å². The van der Waals surface area contributed by atoms with Gasteiger partial charge in [0.05, 0.1) is 17.5 Å². The van der Waals surface area contributed by atoms with Crippen LogP contribution in [-0.4, -0.2) is 39.0 Å². The van der Waals surface area contributed by atoms with Gasteiger partial charge in [0.25, 0.3) is 0 Å². The lowest BCUT2D eigenvalue weighted by Crippen LogP contribution is -2.37. The number of anilines is 1. The second kappa shape index (κ2) is 4.87. The van der Waals surface area contributed by atoms with Crippen LogP contribution in [0.5, 0.6) is 0 Å². The van der Waals surface area contributed by atoms with E-state index in [1.165, 1.54) is 10.4 Å². The largest absolute Gasteiger partial charge is 0.399 e. The van der Waals surface area contributed by atoms with Crippen molar-refractivity contribution >= 4 is 15.7 Å². The fourth-order valence-electron chi connectivity index (χ4n) is 2.05. The van der Waals surface area contributed by atoms with Gasteiger partial charge in [0, 0.05) is 19.3 Å². The van der Waals surface area contributed by atoms with Gasteiger partial charge in [-0.3, -0.25) is 0 Å². The zero-order valence-corrected chi connectivity index (χ0v) is 11.4. The van der Waals surface area contributed by atoms with Crippen LogP contribution >= 0.6 is 0 Å². The molecular formula is C12H18N2O3S. The summed E-state index contributed by atoms with van der Waals surface area (Å²) in [4.78, 5) is 0.275. The highest BCUT2D eigenvalue weighted by Crippen LogP contribution is 2.24. The van der Waals surface area contributed by atoms with Gasteiger partial charge >= 0.3 is 0 Å². The van der Waals surface area contributed by atoms with Crippen LogP contribution < -0.4 is 5.73 Å². The average Bonchev–Trinajstić information content (AvgIpc) is 2.84. The first-order chi connectivity index (χ1) is 8.43. The topological polar surface area (TPSA) is 72.6 Å². The summed E-state index contributed by atoms with van der Waals surface area (Å²) in [6, 6.07) is 4.85. The predicted molar refractivity (Wildman–Crippen MR) is 69.8 cm³/mol. The number of ether oxygens (including phenoxy) is 1. The van der Waals surface area contributed by atoms with Gasteiger partial charge in [-0.1, -0.05) is 6.07 Å². The lowest BCUT2D eigenvalue weighted by atomic mass is 10.2. The first kappa shape index (κ1) is 13.3. The molecule has 100 valence electrons. The lowest BCUT2D eigenvalue weighted by molar-refractivity contribution is 0.181. The Kier molecular flexibility index (Phi) is 3.61. The van der Waals surface area contributed by atoms with Crippen molar-refractivity contribution in [2.24, 2.45) is 0 Å². The maximum Gasteiger partial charge on any atom is 0.243 e. The molecule has 0 amide bonds. The molecule has 18 heavy (non-hydrogen) atoms. The molecule has 1 aromatic carbocycles. The van der Waals surface area contributed by atoms with E-state index in [0.717, 1.165) is 6.42 Å². The third-order valence-electron chi connectivity index (χ3n) is 3.29. The third-order valence-corrected chi connectivity index (χ3v) is 5.34. The Morgan fingerprint density at radius 2 is 2.17 bits per heavy atom. The van der Waals surface area contributed by atoms with Gasteiger partial charge in [0.2, 0.25) is 10.0 Å². The SMILES string of the molecule is Cc1ccc(N)cc1S(=O)(=O)N(C)C1CCOC1.